The lowest BCUT2D eigenvalue weighted by Gasteiger charge is -2.09. The van der Waals surface area contributed by atoms with Crippen LogP contribution in [0.3, 0.4) is 0 Å². The number of methoxy groups -OCH3 is 1. The lowest BCUT2D eigenvalue weighted by atomic mass is 10.1. The first kappa shape index (κ1) is 16.5. The van der Waals surface area contributed by atoms with Crippen molar-refractivity contribution in [3.05, 3.63) is 48.0 Å². The Labute approximate surface area is 146 Å². The summed E-state index contributed by atoms with van der Waals surface area (Å²) < 4.78 is 6.28. The molecule has 0 spiro atoms. The maximum absolute atomic E-state index is 12.2. The highest BCUT2D eigenvalue weighted by molar-refractivity contribution is 9.13. The molecular weight excluding hydrogens is 445 g/mol. The highest BCUT2D eigenvalue weighted by Crippen LogP contribution is 2.33. The fraction of sp³-hybridized carbons (Fsp3) is 0.0769. The standard InChI is InChI=1S/C13H8Br2ClNO3S/c1-20-13(19)7-3-2-6(16)4-9(7)17-12(18)10-5-8(14)11(15)21-10/h2-5H,1H3,(H,17,18). The average Bonchev–Trinajstić information content (AvgIpc) is 2.78. The Balaban J connectivity index is 2.32. The quantitative estimate of drug-likeness (QED) is 0.668. The van der Waals surface area contributed by atoms with E-state index in [1.807, 2.05) is 0 Å². The van der Waals surface area contributed by atoms with E-state index in [2.05, 4.69) is 41.9 Å². The lowest BCUT2D eigenvalue weighted by molar-refractivity contribution is 0.0602. The van der Waals surface area contributed by atoms with Crippen LogP contribution >= 0.6 is 54.8 Å². The summed E-state index contributed by atoms with van der Waals surface area (Å²) in [5, 5.41) is 3.08. The van der Waals surface area contributed by atoms with Crippen LogP contribution in [0.4, 0.5) is 5.69 Å². The third-order valence-corrected chi connectivity index (χ3v) is 5.99. The first-order chi connectivity index (χ1) is 9.92. The highest BCUT2D eigenvalue weighted by Gasteiger charge is 2.17. The van der Waals surface area contributed by atoms with E-state index >= 15 is 0 Å². The Morgan fingerprint density at radius 2 is 2.00 bits per heavy atom. The first-order valence-electron chi connectivity index (χ1n) is 5.56. The van der Waals surface area contributed by atoms with Gasteiger partial charge in [-0.25, -0.2) is 4.79 Å². The Morgan fingerprint density at radius 1 is 1.29 bits per heavy atom. The summed E-state index contributed by atoms with van der Waals surface area (Å²) in [6.07, 6.45) is 0. The second-order valence-electron chi connectivity index (χ2n) is 3.87. The summed E-state index contributed by atoms with van der Waals surface area (Å²) in [6, 6.07) is 6.25. The van der Waals surface area contributed by atoms with Crippen LogP contribution in [0.25, 0.3) is 0 Å². The number of anilines is 1. The van der Waals surface area contributed by atoms with Gasteiger partial charge in [0.15, 0.2) is 0 Å². The van der Waals surface area contributed by atoms with Crippen LogP contribution in [-0.2, 0) is 4.74 Å². The third kappa shape index (κ3) is 3.85. The van der Waals surface area contributed by atoms with Crippen LogP contribution in [0, 0.1) is 0 Å². The number of benzene rings is 1. The van der Waals surface area contributed by atoms with Gasteiger partial charge in [0.05, 0.1) is 27.0 Å². The van der Waals surface area contributed by atoms with Gasteiger partial charge in [-0.1, -0.05) is 11.6 Å². The molecule has 0 radical (unpaired) electrons. The average molecular weight is 454 g/mol. The number of ether oxygens (including phenoxy) is 1. The van der Waals surface area contributed by atoms with Crippen molar-refractivity contribution in [2.24, 2.45) is 0 Å². The Hall–Kier alpha value is -0.890. The Bertz CT molecular complexity index is 698. The third-order valence-electron chi connectivity index (χ3n) is 2.50. The Kier molecular flexibility index (Phi) is 5.43. The van der Waals surface area contributed by atoms with Gasteiger partial charge in [0.2, 0.25) is 0 Å². The molecule has 1 N–H and O–H groups in total. The van der Waals surface area contributed by atoms with E-state index in [0.29, 0.717) is 15.6 Å². The van der Waals surface area contributed by atoms with Gasteiger partial charge in [0.25, 0.3) is 5.91 Å². The van der Waals surface area contributed by atoms with Crippen molar-refractivity contribution >= 4 is 72.4 Å². The molecule has 8 heteroatoms. The molecule has 0 saturated heterocycles. The van der Waals surface area contributed by atoms with Crippen LogP contribution in [0.1, 0.15) is 20.0 Å². The molecule has 0 unspecified atom stereocenters. The normalized spacial score (nSPS) is 10.3. The minimum absolute atomic E-state index is 0.241. The van der Waals surface area contributed by atoms with E-state index in [1.165, 1.54) is 30.6 Å². The monoisotopic (exact) mass is 451 g/mol. The summed E-state index contributed by atoms with van der Waals surface area (Å²) in [5.74, 6) is -0.880. The van der Waals surface area contributed by atoms with Crippen LogP contribution in [0.2, 0.25) is 5.02 Å². The van der Waals surface area contributed by atoms with E-state index in [4.69, 9.17) is 11.6 Å². The largest absolute Gasteiger partial charge is 0.465 e. The van der Waals surface area contributed by atoms with Crippen LogP contribution in [-0.4, -0.2) is 19.0 Å². The zero-order valence-electron chi connectivity index (χ0n) is 10.6. The molecule has 0 saturated carbocycles. The number of rotatable bonds is 3. The number of esters is 1. The van der Waals surface area contributed by atoms with Gasteiger partial charge in [-0.3, -0.25) is 4.79 Å². The molecule has 1 heterocycles. The molecule has 0 bridgehead atoms. The summed E-state index contributed by atoms with van der Waals surface area (Å²) in [5.41, 5.74) is 0.546. The molecular formula is C13H8Br2ClNO3S. The minimum Gasteiger partial charge on any atom is -0.465 e. The number of hydrogen-bond acceptors (Lipinski definition) is 4. The second-order valence-corrected chi connectivity index (χ2v) is 7.53. The molecule has 21 heavy (non-hydrogen) atoms. The molecule has 0 aliphatic heterocycles. The number of halogens is 3. The summed E-state index contributed by atoms with van der Waals surface area (Å²) >= 11 is 13.8. The van der Waals surface area contributed by atoms with Gasteiger partial charge in [-0.2, -0.15) is 0 Å². The van der Waals surface area contributed by atoms with E-state index in [-0.39, 0.29) is 11.5 Å². The predicted octanol–water partition coefficient (Wildman–Crippen LogP) is 4.97. The molecule has 2 rings (SSSR count). The van der Waals surface area contributed by atoms with Crippen molar-refractivity contribution in [1.82, 2.24) is 0 Å². The SMILES string of the molecule is COC(=O)c1ccc(Cl)cc1NC(=O)c1cc(Br)c(Br)s1. The van der Waals surface area contributed by atoms with Gasteiger partial charge in [0.1, 0.15) is 0 Å². The molecule has 0 aliphatic carbocycles. The number of carbonyl (C=O) groups is 2. The predicted molar refractivity (Wildman–Crippen MR) is 90.5 cm³/mol. The van der Waals surface area contributed by atoms with Crippen molar-refractivity contribution < 1.29 is 14.3 Å². The first-order valence-corrected chi connectivity index (χ1v) is 8.34. The lowest BCUT2D eigenvalue weighted by Crippen LogP contribution is -2.14. The fourth-order valence-electron chi connectivity index (χ4n) is 1.55. The maximum Gasteiger partial charge on any atom is 0.339 e. The van der Waals surface area contributed by atoms with E-state index in [0.717, 1.165) is 8.26 Å². The molecule has 0 atom stereocenters. The number of carbonyl (C=O) groups excluding carboxylic acids is 2. The van der Waals surface area contributed by atoms with Crippen LogP contribution < -0.4 is 5.32 Å². The molecule has 4 nitrogen and oxygen atoms in total. The molecule has 1 amide bonds. The van der Waals surface area contributed by atoms with Crippen molar-refractivity contribution in [1.29, 1.82) is 0 Å². The van der Waals surface area contributed by atoms with E-state index < -0.39 is 5.97 Å². The summed E-state index contributed by atoms with van der Waals surface area (Å²) in [4.78, 5) is 24.4. The second kappa shape index (κ2) is 6.91. The van der Waals surface area contributed by atoms with Crippen molar-refractivity contribution in [2.45, 2.75) is 0 Å². The highest BCUT2D eigenvalue weighted by atomic mass is 79.9. The molecule has 110 valence electrons. The zero-order valence-corrected chi connectivity index (χ0v) is 15.3. The molecule has 2 aromatic rings. The van der Waals surface area contributed by atoms with E-state index in [1.54, 1.807) is 12.1 Å². The van der Waals surface area contributed by atoms with Crippen molar-refractivity contribution in [3.63, 3.8) is 0 Å². The number of nitrogens with one attached hydrogen (secondary N) is 1. The fourth-order valence-corrected chi connectivity index (χ4v) is 3.65. The molecule has 1 aromatic carbocycles. The van der Waals surface area contributed by atoms with Crippen LogP contribution in [0.15, 0.2) is 32.5 Å². The van der Waals surface area contributed by atoms with Gasteiger partial charge in [-0.15, -0.1) is 11.3 Å². The van der Waals surface area contributed by atoms with Gasteiger partial charge in [-0.05, 0) is 56.1 Å². The van der Waals surface area contributed by atoms with Crippen molar-refractivity contribution in [2.75, 3.05) is 12.4 Å². The summed E-state index contributed by atoms with van der Waals surface area (Å²) in [7, 11) is 1.27. The van der Waals surface area contributed by atoms with Gasteiger partial charge >= 0.3 is 5.97 Å². The minimum atomic E-state index is -0.546. The smallest absolute Gasteiger partial charge is 0.339 e. The number of amides is 1. The zero-order chi connectivity index (χ0) is 15.6. The van der Waals surface area contributed by atoms with Gasteiger partial charge < -0.3 is 10.1 Å². The van der Waals surface area contributed by atoms with E-state index in [9.17, 15) is 9.59 Å². The number of thiophene rings is 1. The molecule has 1 aromatic heterocycles. The van der Waals surface area contributed by atoms with Crippen molar-refractivity contribution in [3.8, 4) is 0 Å². The number of hydrogen-bond donors (Lipinski definition) is 1. The van der Waals surface area contributed by atoms with Gasteiger partial charge in [0, 0.05) is 9.50 Å². The molecule has 0 aliphatic rings. The summed E-state index contributed by atoms with van der Waals surface area (Å²) in [6.45, 7) is 0. The van der Waals surface area contributed by atoms with Crippen LogP contribution in [0.5, 0.6) is 0 Å². The maximum atomic E-state index is 12.2. The molecule has 0 fully saturated rings. The topological polar surface area (TPSA) is 55.4 Å². The Morgan fingerprint density at radius 3 is 2.57 bits per heavy atom.